The van der Waals surface area contributed by atoms with Crippen LogP contribution >= 0.6 is 0 Å². The minimum atomic E-state index is 0.584. The van der Waals surface area contributed by atoms with Crippen LogP contribution in [0.15, 0.2) is 0 Å². The third kappa shape index (κ3) is 2.92. The molecule has 0 aromatic carbocycles. The predicted molar refractivity (Wildman–Crippen MR) is 79.7 cm³/mol. The summed E-state index contributed by atoms with van der Waals surface area (Å²) in [6, 6.07) is 0.778. The van der Waals surface area contributed by atoms with Gasteiger partial charge in [0.05, 0.1) is 0 Å². The van der Waals surface area contributed by atoms with E-state index in [-0.39, 0.29) is 0 Å². The van der Waals surface area contributed by atoms with Crippen molar-refractivity contribution in [1.82, 2.24) is 5.32 Å². The lowest BCUT2D eigenvalue weighted by Crippen LogP contribution is -2.49. The topological polar surface area (TPSA) is 12.0 Å². The largest absolute Gasteiger partial charge is 0.313 e. The lowest BCUT2D eigenvalue weighted by Gasteiger charge is -2.44. The van der Waals surface area contributed by atoms with Crippen molar-refractivity contribution in [3.63, 3.8) is 0 Å². The first-order valence-electron chi connectivity index (χ1n) is 8.30. The molecule has 0 saturated heterocycles. The summed E-state index contributed by atoms with van der Waals surface area (Å²) in [5.74, 6) is 2.80. The van der Waals surface area contributed by atoms with Gasteiger partial charge in [0.15, 0.2) is 0 Å². The standard InChI is InChI=1S/C17H33N/c1-5-18-16(17(4)10-6-7-11-17)15-9-8-13(2)14(3)12-15/h13-16,18H,5-12H2,1-4H3. The van der Waals surface area contributed by atoms with Crippen LogP contribution in [-0.4, -0.2) is 12.6 Å². The fraction of sp³-hybridized carbons (Fsp3) is 1.00. The number of rotatable bonds is 4. The summed E-state index contributed by atoms with van der Waals surface area (Å²) in [6.45, 7) is 10.9. The molecular formula is C17H33N. The van der Waals surface area contributed by atoms with E-state index in [1.165, 1.54) is 44.9 Å². The lowest BCUT2D eigenvalue weighted by molar-refractivity contribution is 0.0960. The van der Waals surface area contributed by atoms with Gasteiger partial charge < -0.3 is 5.32 Å². The van der Waals surface area contributed by atoms with Gasteiger partial charge in [0, 0.05) is 6.04 Å². The fourth-order valence-corrected chi connectivity index (χ4v) is 4.59. The highest BCUT2D eigenvalue weighted by Crippen LogP contribution is 2.47. The third-order valence-corrected chi connectivity index (χ3v) is 6.03. The zero-order valence-electron chi connectivity index (χ0n) is 13.0. The molecule has 1 N–H and O–H groups in total. The molecule has 4 atom stereocenters. The summed E-state index contributed by atoms with van der Waals surface area (Å²) < 4.78 is 0. The van der Waals surface area contributed by atoms with Crippen LogP contribution in [0, 0.1) is 23.2 Å². The minimum Gasteiger partial charge on any atom is -0.313 e. The summed E-state index contributed by atoms with van der Waals surface area (Å²) in [7, 11) is 0. The Morgan fingerprint density at radius 3 is 2.33 bits per heavy atom. The molecule has 0 aliphatic heterocycles. The van der Waals surface area contributed by atoms with Crippen molar-refractivity contribution in [2.45, 2.75) is 78.7 Å². The van der Waals surface area contributed by atoms with Gasteiger partial charge in [-0.2, -0.15) is 0 Å². The Morgan fingerprint density at radius 1 is 1.11 bits per heavy atom. The Labute approximate surface area is 114 Å². The summed E-state index contributed by atoms with van der Waals surface area (Å²) in [5.41, 5.74) is 0.584. The van der Waals surface area contributed by atoms with Crippen LogP contribution in [0.5, 0.6) is 0 Å². The minimum absolute atomic E-state index is 0.584. The van der Waals surface area contributed by atoms with Gasteiger partial charge in [0.25, 0.3) is 0 Å². The van der Waals surface area contributed by atoms with Crippen molar-refractivity contribution >= 4 is 0 Å². The van der Waals surface area contributed by atoms with E-state index in [1.54, 1.807) is 0 Å². The molecule has 0 bridgehead atoms. The molecule has 0 spiro atoms. The molecule has 2 saturated carbocycles. The van der Waals surface area contributed by atoms with E-state index in [1.807, 2.05) is 0 Å². The molecule has 2 aliphatic carbocycles. The Morgan fingerprint density at radius 2 is 1.78 bits per heavy atom. The second-order valence-electron chi connectivity index (χ2n) is 7.42. The maximum absolute atomic E-state index is 3.87. The van der Waals surface area contributed by atoms with Gasteiger partial charge in [0.2, 0.25) is 0 Å². The maximum Gasteiger partial charge on any atom is 0.0149 e. The molecule has 0 aromatic rings. The highest BCUT2D eigenvalue weighted by Gasteiger charge is 2.42. The third-order valence-electron chi connectivity index (χ3n) is 6.03. The van der Waals surface area contributed by atoms with E-state index in [2.05, 4.69) is 33.0 Å². The zero-order chi connectivity index (χ0) is 13.2. The first-order chi connectivity index (χ1) is 8.57. The number of hydrogen-bond donors (Lipinski definition) is 1. The quantitative estimate of drug-likeness (QED) is 0.769. The van der Waals surface area contributed by atoms with Gasteiger partial charge in [-0.1, -0.05) is 47.0 Å². The van der Waals surface area contributed by atoms with Gasteiger partial charge in [0.1, 0.15) is 0 Å². The summed E-state index contributed by atoms with van der Waals surface area (Å²) >= 11 is 0. The molecule has 1 nitrogen and oxygen atoms in total. The average molecular weight is 251 g/mol. The van der Waals surface area contributed by atoms with Crippen molar-refractivity contribution in [3.8, 4) is 0 Å². The van der Waals surface area contributed by atoms with Gasteiger partial charge in [-0.3, -0.25) is 0 Å². The molecule has 2 fully saturated rings. The van der Waals surface area contributed by atoms with Gasteiger partial charge >= 0.3 is 0 Å². The van der Waals surface area contributed by atoms with Crippen LogP contribution in [0.25, 0.3) is 0 Å². The van der Waals surface area contributed by atoms with E-state index in [9.17, 15) is 0 Å². The van der Waals surface area contributed by atoms with Crippen LogP contribution in [0.1, 0.15) is 72.6 Å². The van der Waals surface area contributed by atoms with Crippen molar-refractivity contribution in [1.29, 1.82) is 0 Å². The SMILES string of the molecule is CCNC(C1CCC(C)C(C)C1)C1(C)CCCC1. The molecule has 0 aromatic heterocycles. The van der Waals surface area contributed by atoms with E-state index in [0.717, 1.165) is 30.3 Å². The van der Waals surface area contributed by atoms with E-state index in [4.69, 9.17) is 0 Å². The Balaban J connectivity index is 2.05. The van der Waals surface area contributed by atoms with Gasteiger partial charge in [-0.25, -0.2) is 0 Å². The van der Waals surface area contributed by atoms with Crippen molar-refractivity contribution in [2.24, 2.45) is 23.2 Å². The monoisotopic (exact) mass is 251 g/mol. The van der Waals surface area contributed by atoms with Crippen LogP contribution in [0.2, 0.25) is 0 Å². The predicted octanol–water partition coefficient (Wildman–Crippen LogP) is 4.62. The lowest BCUT2D eigenvalue weighted by atomic mass is 9.66. The average Bonchev–Trinajstić information content (AvgIpc) is 2.78. The maximum atomic E-state index is 3.87. The highest BCUT2D eigenvalue weighted by atomic mass is 14.9. The van der Waals surface area contributed by atoms with E-state index < -0.39 is 0 Å². The Hall–Kier alpha value is -0.0400. The van der Waals surface area contributed by atoms with Gasteiger partial charge in [-0.05, 0) is 55.4 Å². The molecule has 0 heterocycles. The summed E-state index contributed by atoms with van der Waals surface area (Å²) in [6.07, 6.45) is 10.2. The molecular weight excluding hydrogens is 218 g/mol. The normalized spacial score (nSPS) is 37.7. The highest BCUT2D eigenvalue weighted by molar-refractivity contribution is 4.96. The van der Waals surface area contributed by atoms with Crippen LogP contribution in [0.4, 0.5) is 0 Å². The molecule has 0 amide bonds. The second-order valence-corrected chi connectivity index (χ2v) is 7.42. The molecule has 2 aliphatic rings. The molecule has 106 valence electrons. The van der Waals surface area contributed by atoms with Crippen molar-refractivity contribution in [3.05, 3.63) is 0 Å². The van der Waals surface area contributed by atoms with Crippen molar-refractivity contribution in [2.75, 3.05) is 6.54 Å². The van der Waals surface area contributed by atoms with Crippen LogP contribution in [-0.2, 0) is 0 Å². The summed E-state index contributed by atoms with van der Waals surface area (Å²) in [5, 5.41) is 3.87. The van der Waals surface area contributed by atoms with Crippen LogP contribution in [0.3, 0.4) is 0 Å². The Bertz CT molecular complexity index is 254. The number of nitrogens with one attached hydrogen (secondary N) is 1. The Kier molecular flexibility index (Phi) is 4.75. The molecule has 1 heteroatoms. The van der Waals surface area contributed by atoms with E-state index in [0.29, 0.717) is 5.41 Å². The van der Waals surface area contributed by atoms with Crippen molar-refractivity contribution < 1.29 is 0 Å². The zero-order valence-corrected chi connectivity index (χ0v) is 13.0. The first kappa shape index (κ1) is 14.4. The number of hydrogen-bond acceptors (Lipinski definition) is 1. The smallest absolute Gasteiger partial charge is 0.0149 e. The van der Waals surface area contributed by atoms with Gasteiger partial charge in [-0.15, -0.1) is 0 Å². The molecule has 4 unspecified atom stereocenters. The molecule has 2 rings (SSSR count). The first-order valence-corrected chi connectivity index (χ1v) is 8.30. The molecule has 0 radical (unpaired) electrons. The fourth-order valence-electron chi connectivity index (χ4n) is 4.59. The van der Waals surface area contributed by atoms with E-state index >= 15 is 0 Å². The van der Waals surface area contributed by atoms with Crippen LogP contribution < -0.4 is 5.32 Å². The molecule has 18 heavy (non-hydrogen) atoms. The summed E-state index contributed by atoms with van der Waals surface area (Å²) in [4.78, 5) is 0. The second kappa shape index (κ2) is 5.94.